The number of carboxylic acid groups (broad SMARTS) is 1. The van der Waals surface area contributed by atoms with E-state index in [1.54, 1.807) is 25.3 Å². The van der Waals surface area contributed by atoms with Gasteiger partial charge >= 0.3 is 16.3 Å². The largest absolute Gasteiger partial charge is 0.493 e. The fourth-order valence-electron chi connectivity index (χ4n) is 3.54. The van der Waals surface area contributed by atoms with E-state index in [2.05, 4.69) is 9.71 Å². The molecule has 0 saturated carbocycles. The van der Waals surface area contributed by atoms with Crippen LogP contribution in [0.15, 0.2) is 36.7 Å². The van der Waals surface area contributed by atoms with E-state index in [4.69, 9.17) is 24.1 Å². The molecule has 182 valence electrons. The predicted octanol–water partition coefficient (Wildman–Crippen LogP) is 3.17. The Labute approximate surface area is 196 Å². The van der Waals surface area contributed by atoms with Crippen LogP contribution in [-0.2, 0) is 16.6 Å². The van der Waals surface area contributed by atoms with Crippen molar-refractivity contribution in [2.45, 2.75) is 13.3 Å². The van der Waals surface area contributed by atoms with E-state index in [-0.39, 0.29) is 18.0 Å². The van der Waals surface area contributed by atoms with Crippen LogP contribution >= 0.6 is 0 Å². The number of pyridine rings is 1. The first-order valence-electron chi connectivity index (χ1n) is 10.1. The van der Waals surface area contributed by atoms with Gasteiger partial charge in [0.05, 0.1) is 27.9 Å². The number of rotatable bonds is 10. The van der Waals surface area contributed by atoms with Gasteiger partial charge in [0.1, 0.15) is 11.4 Å². The van der Waals surface area contributed by atoms with Crippen molar-refractivity contribution in [1.82, 2.24) is 9.71 Å². The molecule has 0 aliphatic rings. The Bertz CT molecular complexity index is 1290. The lowest BCUT2D eigenvalue weighted by molar-refractivity contribution is 0.201. The average molecular weight is 492 g/mol. The summed E-state index contributed by atoms with van der Waals surface area (Å²) in [7, 11) is 0.157. The fraction of sp³-hybridized carbons (Fsp3) is 0.273. The number of nitrogens with one attached hydrogen (secondary N) is 2. The fourth-order valence-corrected chi connectivity index (χ4v) is 4.30. The molecule has 0 spiro atoms. The molecule has 11 nitrogen and oxygen atoms in total. The quantitative estimate of drug-likeness (QED) is 0.389. The van der Waals surface area contributed by atoms with E-state index in [1.807, 2.05) is 12.1 Å². The van der Waals surface area contributed by atoms with Crippen LogP contribution < -0.4 is 28.4 Å². The number of hydrogen-bond donors (Lipinski definition) is 3. The summed E-state index contributed by atoms with van der Waals surface area (Å²) in [6.07, 6.45) is 1.84. The van der Waals surface area contributed by atoms with Crippen LogP contribution in [0.5, 0.6) is 23.0 Å². The van der Waals surface area contributed by atoms with Crippen LogP contribution in [0.25, 0.3) is 10.8 Å². The maximum absolute atomic E-state index is 12.3. The van der Waals surface area contributed by atoms with Crippen LogP contribution in [0.1, 0.15) is 18.1 Å². The first-order valence-corrected chi connectivity index (χ1v) is 11.6. The summed E-state index contributed by atoms with van der Waals surface area (Å²) in [5.74, 6) is 1.69. The van der Waals surface area contributed by atoms with Gasteiger partial charge in [0.15, 0.2) is 11.5 Å². The molecule has 1 heterocycles. The maximum Gasteiger partial charge on any atom is 0.419 e. The number of ether oxygens (including phenoxy) is 4. The molecule has 0 aliphatic heterocycles. The molecule has 0 radical (unpaired) electrons. The minimum atomic E-state index is -4.42. The van der Waals surface area contributed by atoms with Gasteiger partial charge < -0.3 is 24.1 Å². The Morgan fingerprint density at radius 2 is 1.68 bits per heavy atom. The van der Waals surface area contributed by atoms with Crippen LogP contribution in [0, 0.1) is 0 Å². The van der Waals surface area contributed by atoms with Gasteiger partial charge in [0.25, 0.3) is 0 Å². The third-order valence-electron chi connectivity index (χ3n) is 4.86. The summed E-state index contributed by atoms with van der Waals surface area (Å²) in [5, 5.41) is 9.97. The Hall–Kier alpha value is -3.93. The molecule has 1 amide bonds. The van der Waals surface area contributed by atoms with Gasteiger partial charge in [-0.05, 0) is 48.1 Å². The van der Waals surface area contributed by atoms with Crippen LogP contribution in [0.2, 0.25) is 0 Å². The third-order valence-corrected chi connectivity index (χ3v) is 5.78. The summed E-state index contributed by atoms with van der Waals surface area (Å²) >= 11 is 0. The first-order chi connectivity index (χ1) is 16.2. The van der Waals surface area contributed by atoms with E-state index in [1.165, 1.54) is 32.2 Å². The van der Waals surface area contributed by atoms with Gasteiger partial charge in [-0.15, -0.1) is 0 Å². The number of fused-ring (bicyclic) bond motifs is 1. The lowest BCUT2D eigenvalue weighted by Gasteiger charge is -2.17. The second kappa shape index (κ2) is 10.3. The van der Waals surface area contributed by atoms with Gasteiger partial charge in [-0.25, -0.2) is 9.52 Å². The van der Waals surface area contributed by atoms with Gasteiger partial charge in [0, 0.05) is 17.8 Å². The Morgan fingerprint density at radius 1 is 1.00 bits per heavy atom. The van der Waals surface area contributed by atoms with Crippen molar-refractivity contribution < 1.29 is 37.3 Å². The first kappa shape index (κ1) is 24.7. The zero-order chi connectivity index (χ0) is 24.9. The number of amides is 1. The Balaban J connectivity index is 2.12. The number of carbonyl (C=O) groups is 1. The predicted molar refractivity (Wildman–Crippen MR) is 126 cm³/mol. The molecule has 1 aromatic heterocycles. The Morgan fingerprint density at radius 3 is 2.24 bits per heavy atom. The average Bonchev–Trinajstić information content (AvgIpc) is 2.79. The third kappa shape index (κ3) is 5.34. The molecule has 0 aliphatic carbocycles. The van der Waals surface area contributed by atoms with Gasteiger partial charge in [-0.1, -0.05) is 6.07 Å². The minimum absolute atomic E-state index is 0.0762. The van der Waals surface area contributed by atoms with Crippen molar-refractivity contribution in [3.8, 4) is 23.0 Å². The topological polar surface area (TPSA) is 145 Å². The Kier molecular flexibility index (Phi) is 7.51. The van der Waals surface area contributed by atoms with Crippen molar-refractivity contribution in [1.29, 1.82) is 0 Å². The van der Waals surface area contributed by atoms with Crippen LogP contribution in [-0.4, -0.2) is 52.5 Å². The monoisotopic (exact) mass is 491 g/mol. The highest BCUT2D eigenvalue weighted by molar-refractivity contribution is 7.91. The highest BCUT2D eigenvalue weighted by Gasteiger charge is 2.20. The highest BCUT2D eigenvalue weighted by Crippen LogP contribution is 2.40. The smallest absolute Gasteiger partial charge is 0.419 e. The molecule has 34 heavy (non-hydrogen) atoms. The van der Waals surface area contributed by atoms with Crippen molar-refractivity contribution in [2.24, 2.45) is 0 Å². The summed E-state index contributed by atoms with van der Waals surface area (Å²) in [6, 6.07) is 7.03. The molecule has 0 bridgehead atoms. The number of benzene rings is 2. The number of aromatic nitrogens is 1. The van der Waals surface area contributed by atoms with Crippen LogP contribution in [0.3, 0.4) is 0 Å². The van der Waals surface area contributed by atoms with Crippen LogP contribution in [0.4, 0.5) is 10.5 Å². The molecule has 3 N–H and O–H groups in total. The van der Waals surface area contributed by atoms with E-state index in [0.717, 1.165) is 11.1 Å². The molecule has 3 rings (SSSR count). The molecule has 2 aromatic carbocycles. The summed E-state index contributed by atoms with van der Waals surface area (Å²) in [6.45, 7) is 2.02. The van der Waals surface area contributed by atoms with Gasteiger partial charge in [-0.2, -0.15) is 8.42 Å². The zero-order valence-corrected chi connectivity index (χ0v) is 19.9. The lowest BCUT2D eigenvalue weighted by Crippen LogP contribution is -2.34. The molecular weight excluding hydrogens is 466 g/mol. The van der Waals surface area contributed by atoms with E-state index in [0.29, 0.717) is 34.4 Å². The van der Waals surface area contributed by atoms with Gasteiger partial charge in [0.2, 0.25) is 5.75 Å². The number of anilines is 1. The molecule has 3 aromatic rings. The van der Waals surface area contributed by atoms with Crippen molar-refractivity contribution in [3.05, 3.63) is 47.8 Å². The molecule has 12 heteroatoms. The van der Waals surface area contributed by atoms with E-state index in [9.17, 15) is 13.2 Å². The standard InChI is InChI=1S/C22H25N3O8S/c1-5-33-17-7-6-15-14(8-13-9-18(30-2)21(32-4)19(10-13)31-3)11-23-12-16(15)20(17)24-34(28,29)25-22(26)27/h6-7,9-12,24-25H,5,8H2,1-4H3,(H,26,27). The molecule has 0 saturated heterocycles. The van der Waals surface area contributed by atoms with E-state index < -0.39 is 16.3 Å². The van der Waals surface area contributed by atoms with Gasteiger partial charge in [-0.3, -0.25) is 9.71 Å². The molecule has 0 atom stereocenters. The lowest BCUT2D eigenvalue weighted by atomic mass is 9.99. The van der Waals surface area contributed by atoms with Crippen molar-refractivity contribution in [3.63, 3.8) is 0 Å². The van der Waals surface area contributed by atoms with Crippen molar-refractivity contribution in [2.75, 3.05) is 32.7 Å². The summed E-state index contributed by atoms with van der Waals surface area (Å²) in [4.78, 5) is 15.2. The van der Waals surface area contributed by atoms with Crippen molar-refractivity contribution >= 4 is 32.8 Å². The highest BCUT2D eigenvalue weighted by atomic mass is 32.2. The molecular formula is C22H25N3O8S. The number of methoxy groups -OCH3 is 3. The number of hydrogen-bond acceptors (Lipinski definition) is 8. The second-order valence-electron chi connectivity index (χ2n) is 6.99. The maximum atomic E-state index is 12.3. The summed E-state index contributed by atoms with van der Waals surface area (Å²) in [5.41, 5.74) is 1.70. The minimum Gasteiger partial charge on any atom is -0.493 e. The normalized spacial score (nSPS) is 11.1. The van der Waals surface area contributed by atoms with E-state index >= 15 is 0 Å². The SMILES string of the molecule is CCOc1ccc2c(Cc3cc(OC)c(OC)c(OC)c3)cncc2c1NS(=O)(=O)NC(=O)O. The number of nitrogens with zero attached hydrogens (tertiary/aromatic N) is 1. The zero-order valence-electron chi connectivity index (χ0n) is 19.0. The molecule has 0 fully saturated rings. The summed E-state index contributed by atoms with van der Waals surface area (Å²) < 4.78 is 50.0. The molecule has 0 unspecified atom stereocenters. The second-order valence-corrected chi connectivity index (χ2v) is 8.40.